The Morgan fingerprint density at radius 1 is 1.64 bits per heavy atom. The van der Waals surface area contributed by atoms with Crippen LogP contribution in [0.15, 0.2) is 0 Å². The Morgan fingerprint density at radius 3 is 2.79 bits per heavy atom. The van der Waals surface area contributed by atoms with Crippen LogP contribution in [0.1, 0.15) is 13.8 Å². The van der Waals surface area contributed by atoms with Gasteiger partial charge in [-0.2, -0.15) is 0 Å². The van der Waals surface area contributed by atoms with Crippen LogP contribution in [-0.4, -0.2) is 37.1 Å². The molecule has 1 N–H and O–H groups in total. The summed E-state index contributed by atoms with van der Waals surface area (Å²) >= 11 is 0. The van der Waals surface area contributed by atoms with E-state index in [4.69, 9.17) is 14.6 Å². The topological polar surface area (TPSA) is 38.7 Å². The van der Waals surface area contributed by atoms with Gasteiger partial charge in [-0.25, -0.2) is 0 Å². The number of aliphatic hydroxyl groups is 1. The molecule has 84 valence electrons. The van der Waals surface area contributed by atoms with Crippen molar-refractivity contribution < 1.29 is 14.6 Å². The quantitative estimate of drug-likeness (QED) is 0.762. The second-order valence-corrected chi connectivity index (χ2v) is 8.24. The Bertz CT molecular complexity index is 173. The summed E-state index contributed by atoms with van der Waals surface area (Å²) in [7, 11) is 2.45. The van der Waals surface area contributed by atoms with Crippen molar-refractivity contribution >= 4 is 16.5 Å². The lowest BCUT2D eigenvalue weighted by atomic mass is 9.94. The van der Waals surface area contributed by atoms with Gasteiger partial charge in [-0.3, -0.25) is 0 Å². The minimum absolute atomic E-state index is 0.0785. The van der Waals surface area contributed by atoms with E-state index < -0.39 is 0 Å². The molecular weight excluding hydrogens is 218 g/mol. The van der Waals surface area contributed by atoms with Crippen molar-refractivity contribution in [3.8, 4) is 0 Å². The van der Waals surface area contributed by atoms with Crippen LogP contribution >= 0.6 is 16.5 Å². The van der Waals surface area contributed by atoms with Crippen molar-refractivity contribution in [2.24, 2.45) is 11.8 Å². The van der Waals surface area contributed by atoms with Crippen LogP contribution < -0.4 is 0 Å². The molecule has 1 rings (SSSR count). The molecule has 1 fully saturated rings. The van der Waals surface area contributed by atoms with Crippen molar-refractivity contribution in [1.82, 2.24) is 0 Å². The first-order valence-corrected chi connectivity index (χ1v) is 8.39. The fraction of sp³-hybridized carbons (Fsp3) is 1.00. The van der Waals surface area contributed by atoms with Crippen LogP contribution in [0, 0.1) is 11.8 Å². The van der Waals surface area contributed by atoms with E-state index in [0.29, 0.717) is 5.92 Å². The Labute approximate surface area is 89.4 Å². The van der Waals surface area contributed by atoms with Crippen molar-refractivity contribution in [3.63, 3.8) is 0 Å². The van der Waals surface area contributed by atoms with Gasteiger partial charge in [0.1, 0.15) is 0 Å². The summed E-state index contributed by atoms with van der Waals surface area (Å²) < 4.78 is 11.4. The highest BCUT2D eigenvalue weighted by Crippen LogP contribution is 2.49. The third-order valence-electron chi connectivity index (χ3n) is 2.52. The van der Waals surface area contributed by atoms with Gasteiger partial charge in [0, 0.05) is 18.4 Å². The van der Waals surface area contributed by atoms with Crippen molar-refractivity contribution in [2.75, 3.05) is 19.9 Å². The first-order chi connectivity index (χ1) is 6.56. The second kappa shape index (κ2) is 5.72. The largest absolute Gasteiger partial charge is 0.396 e. The fourth-order valence-corrected chi connectivity index (χ4v) is 2.77. The minimum Gasteiger partial charge on any atom is -0.396 e. The standard InChI is InChI=1S/C9H20O3P2/c1-6(4-10)8-7(2)5-11-9(12-8)14(3)13/h6-10H,4-5,13H2,1-3H3. The molecule has 1 aliphatic rings. The average Bonchev–Trinajstić information content (AvgIpc) is 2.17. The van der Waals surface area contributed by atoms with Gasteiger partial charge in [0.05, 0.1) is 12.7 Å². The maximum atomic E-state index is 9.11. The first-order valence-electron chi connectivity index (χ1n) is 4.91. The molecule has 0 amide bonds. The van der Waals surface area contributed by atoms with E-state index in [2.05, 4.69) is 22.5 Å². The van der Waals surface area contributed by atoms with Crippen LogP contribution in [0.4, 0.5) is 0 Å². The van der Waals surface area contributed by atoms with Gasteiger partial charge in [0.25, 0.3) is 0 Å². The Kier molecular flexibility index (Phi) is 5.24. The maximum Gasteiger partial charge on any atom is 0.179 e. The lowest BCUT2D eigenvalue weighted by Gasteiger charge is -2.39. The fourth-order valence-electron chi connectivity index (χ4n) is 1.65. The van der Waals surface area contributed by atoms with Gasteiger partial charge in [0.2, 0.25) is 0 Å². The number of hydrogen-bond donors (Lipinski definition) is 1. The molecule has 0 aromatic heterocycles. The maximum absolute atomic E-state index is 9.11. The Morgan fingerprint density at radius 2 is 2.29 bits per heavy atom. The summed E-state index contributed by atoms with van der Waals surface area (Å²) in [6.45, 7) is 7.15. The molecule has 0 aromatic rings. The van der Waals surface area contributed by atoms with Gasteiger partial charge in [-0.15, -0.1) is 8.93 Å². The number of rotatable bonds is 3. The summed E-state index contributed by atoms with van der Waals surface area (Å²) in [4.78, 5) is 0. The zero-order valence-corrected chi connectivity index (χ0v) is 11.1. The van der Waals surface area contributed by atoms with Gasteiger partial charge in [-0.05, 0) is 14.3 Å². The number of ether oxygens (including phenoxy) is 2. The molecule has 1 aliphatic heterocycles. The van der Waals surface area contributed by atoms with E-state index in [9.17, 15) is 0 Å². The predicted octanol–water partition coefficient (Wildman–Crippen LogP) is 1.85. The lowest BCUT2D eigenvalue weighted by Crippen LogP contribution is -2.42. The summed E-state index contributed by atoms with van der Waals surface area (Å²) in [6, 6.07) is -0.0785. The van der Waals surface area contributed by atoms with E-state index in [-0.39, 0.29) is 32.3 Å². The third kappa shape index (κ3) is 3.12. The van der Waals surface area contributed by atoms with Gasteiger partial charge < -0.3 is 14.6 Å². The molecule has 0 aliphatic carbocycles. The molecule has 6 unspecified atom stereocenters. The van der Waals surface area contributed by atoms with E-state index in [1.807, 2.05) is 6.92 Å². The number of aliphatic hydroxyl groups excluding tert-OH is 1. The highest BCUT2D eigenvalue weighted by Gasteiger charge is 2.33. The normalized spacial score (nSPS) is 37.9. The van der Waals surface area contributed by atoms with E-state index in [1.165, 1.54) is 0 Å². The highest BCUT2D eigenvalue weighted by molar-refractivity contribution is 8.13. The van der Waals surface area contributed by atoms with E-state index in [0.717, 1.165) is 6.61 Å². The minimum atomic E-state index is -0.303. The monoisotopic (exact) mass is 238 g/mol. The van der Waals surface area contributed by atoms with Crippen molar-refractivity contribution in [3.05, 3.63) is 0 Å². The zero-order chi connectivity index (χ0) is 10.7. The van der Waals surface area contributed by atoms with Crippen LogP contribution in [0.3, 0.4) is 0 Å². The van der Waals surface area contributed by atoms with E-state index in [1.54, 1.807) is 0 Å². The molecule has 1 heterocycles. The van der Waals surface area contributed by atoms with Crippen LogP contribution in [0.25, 0.3) is 0 Å². The summed E-state index contributed by atoms with van der Waals surface area (Å²) in [5.74, 6) is 0.560. The Hall–Kier alpha value is 0.740. The van der Waals surface area contributed by atoms with E-state index >= 15 is 0 Å². The molecule has 0 aromatic carbocycles. The van der Waals surface area contributed by atoms with Crippen molar-refractivity contribution in [2.45, 2.75) is 26.0 Å². The molecule has 0 spiro atoms. The van der Waals surface area contributed by atoms with Gasteiger partial charge in [0.15, 0.2) is 6.03 Å². The predicted molar refractivity (Wildman–Crippen MR) is 62.6 cm³/mol. The molecule has 0 bridgehead atoms. The van der Waals surface area contributed by atoms with Crippen LogP contribution in [0.2, 0.25) is 0 Å². The third-order valence-corrected chi connectivity index (χ3v) is 4.18. The molecule has 0 radical (unpaired) electrons. The van der Waals surface area contributed by atoms with Crippen LogP contribution in [-0.2, 0) is 9.47 Å². The molecule has 14 heavy (non-hydrogen) atoms. The smallest absolute Gasteiger partial charge is 0.179 e. The second-order valence-electron chi connectivity index (χ2n) is 4.04. The molecule has 6 atom stereocenters. The number of hydrogen-bond acceptors (Lipinski definition) is 3. The SMILES string of the molecule is CC(CO)C1OC(P(C)P)OCC1C. The lowest BCUT2D eigenvalue weighted by molar-refractivity contribution is -0.206. The molecule has 3 nitrogen and oxygen atoms in total. The van der Waals surface area contributed by atoms with Crippen molar-refractivity contribution in [1.29, 1.82) is 0 Å². The van der Waals surface area contributed by atoms with Gasteiger partial charge in [-0.1, -0.05) is 13.8 Å². The Balaban J connectivity index is 2.55. The molecule has 1 saturated heterocycles. The van der Waals surface area contributed by atoms with Gasteiger partial charge >= 0.3 is 0 Å². The molecular formula is C9H20O3P2. The first kappa shape index (κ1) is 12.8. The summed E-state index contributed by atoms with van der Waals surface area (Å²) in [6.07, 6.45) is 0.129. The molecule has 0 saturated carbocycles. The summed E-state index contributed by atoms with van der Waals surface area (Å²) in [5, 5.41) is 9.11. The summed E-state index contributed by atoms with van der Waals surface area (Å²) in [5.41, 5.74) is 0. The molecule has 5 heteroatoms. The highest BCUT2D eigenvalue weighted by atomic mass is 32.0. The average molecular weight is 238 g/mol. The van der Waals surface area contributed by atoms with Crippen LogP contribution in [0.5, 0.6) is 0 Å². The zero-order valence-electron chi connectivity index (χ0n) is 9.01.